The van der Waals surface area contributed by atoms with Crippen LogP contribution >= 0.6 is 0 Å². The van der Waals surface area contributed by atoms with Crippen molar-refractivity contribution in [3.8, 4) is 11.1 Å². The van der Waals surface area contributed by atoms with Gasteiger partial charge in [0.15, 0.2) is 0 Å². The summed E-state index contributed by atoms with van der Waals surface area (Å²) in [5, 5.41) is 9.96. The largest absolute Gasteiger partial charge is 0.393 e. The van der Waals surface area contributed by atoms with Gasteiger partial charge in [-0.25, -0.2) is 0 Å². The molecule has 1 heterocycles. The molecule has 1 fully saturated rings. The van der Waals surface area contributed by atoms with Crippen LogP contribution in [0.1, 0.15) is 35.2 Å². The number of aliphatic hydroxyl groups excluding tert-OH is 1. The summed E-state index contributed by atoms with van der Waals surface area (Å²) in [6, 6.07) is 10.1. The molecular formula is C20H24N2O2. The zero-order valence-corrected chi connectivity index (χ0v) is 14.3. The number of benzene rings is 1. The van der Waals surface area contributed by atoms with Crippen molar-refractivity contribution in [2.45, 2.75) is 32.3 Å². The van der Waals surface area contributed by atoms with Crippen molar-refractivity contribution in [3.05, 3.63) is 53.9 Å². The van der Waals surface area contributed by atoms with Gasteiger partial charge in [0.25, 0.3) is 5.91 Å². The number of amides is 1. The Morgan fingerprint density at radius 3 is 2.62 bits per heavy atom. The Morgan fingerprint density at radius 2 is 1.96 bits per heavy atom. The van der Waals surface area contributed by atoms with Gasteiger partial charge in [0.1, 0.15) is 0 Å². The maximum Gasteiger partial charge on any atom is 0.255 e. The summed E-state index contributed by atoms with van der Waals surface area (Å²) in [4.78, 5) is 18.6. The predicted molar refractivity (Wildman–Crippen MR) is 94.7 cm³/mol. The molecule has 1 amide bonds. The van der Waals surface area contributed by atoms with Crippen LogP contribution in [0.15, 0.2) is 42.7 Å². The molecule has 3 rings (SSSR count). The van der Waals surface area contributed by atoms with Crippen LogP contribution in [-0.4, -0.2) is 40.6 Å². The second-order valence-corrected chi connectivity index (χ2v) is 6.77. The lowest BCUT2D eigenvalue weighted by molar-refractivity contribution is 0.0693. The lowest BCUT2D eigenvalue weighted by Gasteiger charge is -2.23. The van der Waals surface area contributed by atoms with E-state index in [0.29, 0.717) is 12.1 Å². The number of aryl methyl sites for hydroxylation is 1. The van der Waals surface area contributed by atoms with Gasteiger partial charge in [-0.2, -0.15) is 0 Å². The molecule has 4 nitrogen and oxygen atoms in total. The number of carbonyl (C=O) groups excluding carboxylic acids is 1. The van der Waals surface area contributed by atoms with E-state index in [4.69, 9.17) is 0 Å². The molecule has 1 N–H and O–H groups in total. The summed E-state index contributed by atoms with van der Waals surface area (Å²) in [6.07, 6.45) is 5.98. The van der Waals surface area contributed by atoms with Crippen LogP contribution in [-0.2, 0) is 0 Å². The fourth-order valence-corrected chi connectivity index (χ4v) is 3.35. The maximum absolute atomic E-state index is 12.7. The summed E-state index contributed by atoms with van der Waals surface area (Å²) in [7, 11) is 1.80. The molecule has 0 saturated heterocycles. The number of rotatable bonds is 4. The maximum atomic E-state index is 12.7. The van der Waals surface area contributed by atoms with E-state index in [1.54, 1.807) is 24.3 Å². The van der Waals surface area contributed by atoms with Crippen molar-refractivity contribution < 1.29 is 9.90 Å². The van der Waals surface area contributed by atoms with Gasteiger partial charge < -0.3 is 10.0 Å². The second kappa shape index (κ2) is 7.14. The molecule has 1 aromatic heterocycles. The number of hydrogen-bond acceptors (Lipinski definition) is 3. The zero-order valence-electron chi connectivity index (χ0n) is 14.3. The monoisotopic (exact) mass is 324 g/mol. The predicted octanol–water partition coefficient (Wildman–Crippen LogP) is 3.29. The summed E-state index contributed by atoms with van der Waals surface area (Å²) in [5.74, 6) is 0.141. The van der Waals surface area contributed by atoms with Crippen molar-refractivity contribution in [1.82, 2.24) is 9.88 Å². The highest BCUT2D eigenvalue weighted by Crippen LogP contribution is 2.26. The van der Waals surface area contributed by atoms with E-state index in [9.17, 15) is 9.90 Å². The first-order valence-electron chi connectivity index (χ1n) is 8.50. The first-order valence-corrected chi connectivity index (χ1v) is 8.50. The SMILES string of the molecule is Cc1ccc(-c2cncc(C(=O)N(C)CC3CCCC3O)c2)cc1. The number of aliphatic hydroxyl groups is 1. The van der Waals surface area contributed by atoms with Crippen molar-refractivity contribution in [3.63, 3.8) is 0 Å². The van der Waals surface area contributed by atoms with Crippen molar-refractivity contribution in [1.29, 1.82) is 0 Å². The quantitative estimate of drug-likeness (QED) is 0.939. The summed E-state index contributed by atoms with van der Waals surface area (Å²) in [6.45, 7) is 2.64. The van der Waals surface area contributed by atoms with E-state index < -0.39 is 0 Å². The van der Waals surface area contributed by atoms with Crippen LogP contribution in [0.4, 0.5) is 0 Å². The van der Waals surface area contributed by atoms with Gasteiger partial charge in [-0.15, -0.1) is 0 Å². The third-order valence-electron chi connectivity index (χ3n) is 4.84. The summed E-state index contributed by atoms with van der Waals surface area (Å²) < 4.78 is 0. The smallest absolute Gasteiger partial charge is 0.255 e. The normalized spacial score (nSPS) is 20.1. The Labute approximate surface area is 143 Å². The first kappa shape index (κ1) is 16.7. The van der Waals surface area contributed by atoms with Gasteiger partial charge >= 0.3 is 0 Å². The summed E-state index contributed by atoms with van der Waals surface area (Å²) in [5.41, 5.74) is 3.78. The fourth-order valence-electron chi connectivity index (χ4n) is 3.35. The first-order chi connectivity index (χ1) is 11.5. The standard InChI is InChI=1S/C20H24N2O2/c1-14-6-8-15(9-7-14)17-10-18(12-21-11-17)20(24)22(2)13-16-4-3-5-19(16)23/h6-12,16,19,23H,3-5,13H2,1-2H3. The molecule has 4 heteroatoms. The van der Waals surface area contributed by atoms with Crippen molar-refractivity contribution >= 4 is 5.91 Å². The average Bonchev–Trinajstić information content (AvgIpc) is 3.00. The van der Waals surface area contributed by atoms with Gasteiger partial charge in [-0.3, -0.25) is 9.78 Å². The van der Waals surface area contributed by atoms with E-state index in [1.807, 2.05) is 25.1 Å². The topological polar surface area (TPSA) is 53.4 Å². The van der Waals surface area contributed by atoms with Gasteiger partial charge in [-0.1, -0.05) is 36.2 Å². The number of nitrogens with zero attached hydrogens (tertiary/aromatic N) is 2. The Morgan fingerprint density at radius 1 is 1.21 bits per heavy atom. The molecule has 2 atom stereocenters. The molecule has 24 heavy (non-hydrogen) atoms. The lowest BCUT2D eigenvalue weighted by atomic mass is 10.0. The molecule has 126 valence electrons. The molecule has 1 aliphatic rings. The minimum Gasteiger partial charge on any atom is -0.393 e. The van der Waals surface area contributed by atoms with E-state index in [2.05, 4.69) is 17.1 Å². The lowest BCUT2D eigenvalue weighted by Crippen LogP contribution is -2.34. The van der Waals surface area contributed by atoms with Gasteiger partial charge in [0, 0.05) is 37.5 Å². The fraction of sp³-hybridized carbons (Fsp3) is 0.400. The van der Waals surface area contributed by atoms with E-state index in [0.717, 1.165) is 30.4 Å². The minimum absolute atomic E-state index is 0.0458. The highest BCUT2D eigenvalue weighted by molar-refractivity contribution is 5.94. The van der Waals surface area contributed by atoms with E-state index in [1.165, 1.54) is 5.56 Å². The zero-order chi connectivity index (χ0) is 17.1. The van der Waals surface area contributed by atoms with Crippen LogP contribution in [0.2, 0.25) is 0 Å². The Kier molecular flexibility index (Phi) is 4.95. The van der Waals surface area contributed by atoms with E-state index in [-0.39, 0.29) is 17.9 Å². The second-order valence-electron chi connectivity index (χ2n) is 6.77. The number of hydrogen-bond donors (Lipinski definition) is 1. The van der Waals surface area contributed by atoms with Crippen molar-refractivity contribution in [2.24, 2.45) is 5.92 Å². The van der Waals surface area contributed by atoms with Crippen molar-refractivity contribution in [2.75, 3.05) is 13.6 Å². The minimum atomic E-state index is -0.280. The average molecular weight is 324 g/mol. The molecule has 0 aliphatic heterocycles. The third kappa shape index (κ3) is 3.65. The highest BCUT2D eigenvalue weighted by Gasteiger charge is 2.27. The molecule has 0 spiro atoms. The van der Waals surface area contributed by atoms with Crippen LogP contribution in [0.3, 0.4) is 0 Å². The van der Waals surface area contributed by atoms with Gasteiger partial charge in [0.2, 0.25) is 0 Å². The van der Waals surface area contributed by atoms with Gasteiger partial charge in [-0.05, 0) is 31.4 Å². The molecule has 1 aromatic carbocycles. The van der Waals surface area contributed by atoms with Gasteiger partial charge in [0.05, 0.1) is 11.7 Å². The Hall–Kier alpha value is -2.20. The number of carbonyl (C=O) groups is 1. The number of aromatic nitrogens is 1. The molecule has 2 unspecified atom stereocenters. The van der Waals surface area contributed by atoms with Crippen LogP contribution in [0, 0.1) is 12.8 Å². The Bertz CT molecular complexity index is 712. The Balaban J connectivity index is 1.75. The molecule has 1 aliphatic carbocycles. The van der Waals surface area contributed by atoms with E-state index >= 15 is 0 Å². The molecule has 0 radical (unpaired) electrons. The van der Waals surface area contributed by atoms with Crippen LogP contribution < -0.4 is 0 Å². The molecule has 2 aromatic rings. The number of pyridine rings is 1. The molecule has 0 bridgehead atoms. The summed E-state index contributed by atoms with van der Waals surface area (Å²) >= 11 is 0. The highest BCUT2D eigenvalue weighted by atomic mass is 16.3. The van der Waals surface area contributed by atoms with Crippen LogP contribution in [0.5, 0.6) is 0 Å². The van der Waals surface area contributed by atoms with Crippen LogP contribution in [0.25, 0.3) is 11.1 Å². The molecular weight excluding hydrogens is 300 g/mol. The molecule has 1 saturated carbocycles. The third-order valence-corrected chi connectivity index (χ3v) is 4.84.